The molecular weight excluding hydrogens is 238 g/mol. The molecule has 4 heteroatoms. The topological polar surface area (TPSA) is 39.1 Å². The van der Waals surface area contributed by atoms with Gasteiger partial charge in [0.15, 0.2) is 0 Å². The Morgan fingerprint density at radius 1 is 1.37 bits per heavy atom. The van der Waals surface area contributed by atoms with Crippen molar-refractivity contribution in [2.75, 3.05) is 14.2 Å². The van der Waals surface area contributed by atoms with Gasteiger partial charge in [-0.05, 0) is 38.1 Å². The predicted octanol–water partition coefficient (Wildman–Crippen LogP) is 2.53. The molecule has 0 bridgehead atoms. The quantitative estimate of drug-likeness (QED) is 0.897. The second-order valence-corrected chi connectivity index (χ2v) is 4.58. The van der Waals surface area contributed by atoms with Crippen molar-refractivity contribution >= 4 is 0 Å². The summed E-state index contributed by atoms with van der Waals surface area (Å²) in [5.74, 6) is 0.919. The van der Waals surface area contributed by atoms with Crippen molar-refractivity contribution in [2.45, 2.75) is 26.4 Å². The smallest absolute Gasteiger partial charge is 0.121 e. The maximum Gasteiger partial charge on any atom is 0.121 e. The molecule has 19 heavy (non-hydrogen) atoms. The standard InChI is InChI=1S/C15H21N3O/c1-5-18-10-13(9-17-18)15(16-3)12-6-7-14(19-4)11(2)8-12/h6-10,15-16H,5H2,1-4H3. The van der Waals surface area contributed by atoms with E-state index in [9.17, 15) is 0 Å². The van der Waals surface area contributed by atoms with Crippen LogP contribution in [0.2, 0.25) is 0 Å². The minimum Gasteiger partial charge on any atom is -0.496 e. The van der Waals surface area contributed by atoms with E-state index in [0.29, 0.717) is 0 Å². The highest BCUT2D eigenvalue weighted by Gasteiger charge is 2.14. The molecule has 1 aromatic carbocycles. The van der Waals surface area contributed by atoms with Crippen molar-refractivity contribution in [1.29, 1.82) is 0 Å². The monoisotopic (exact) mass is 259 g/mol. The normalized spacial score (nSPS) is 12.4. The van der Waals surface area contributed by atoms with Crippen LogP contribution in [-0.2, 0) is 6.54 Å². The summed E-state index contributed by atoms with van der Waals surface area (Å²) in [5, 5.41) is 7.68. The molecule has 0 radical (unpaired) electrons. The zero-order valence-electron chi connectivity index (χ0n) is 12.0. The van der Waals surface area contributed by atoms with Crippen LogP contribution >= 0.6 is 0 Å². The first kappa shape index (κ1) is 13.6. The van der Waals surface area contributed by atoms with Crippen LogP contribution in [0, 0.1) is 6.92 Å². The number of hydrogen-bond donors (Lipinski definition) is 1. The molecule has 0 aliphatic carbocycles. The number of methoxy groups -OCH3 is 1. The number of aryl methyl sites for hydroxylation is 2. The maximum atomic E-state index is 5.30. The van der Waals surface area contributed by atoms with E-state index < -0.39 is 0 Å². The first-order valence-electron chi connectivity index (χ1n) is 6.53. The molecule has 0 aliphatic heterocycles. The third-order valence-electron chi connectivity index (χ3n) is 3.35. The van der Waals surface area contributed by atoms with Crippen LogP contribution in [0.15, 0.2) is 30.6 Å². The predicted molar refractivity (Wildman–Crippen MR) is 76.5 cm³/mol. The number of ether oxygens (including phenoxy) is 1. The average molecular weight is 259 g/mol. The first-order valence-corrected chi connectivity index (χ1v) is 6.53. The van der Waals surface area contributed by atoms with E-state index >= 15 is 0 Å². The summed E-state index contributed by atoms with van der Waals surface area (Å²) in [6, 6.07) is 6.42. The van der Waals surface area contributed by atoms with Gasteiger partial charge in [0, 0.05) is 18.3 Å². The number of aromatic nitrogens is 2. The van der Waals surface area contributed by atoms with E-state index in [1.165, 1.54) is 11.1 Å². The molecule has 1 N–H and O–H groups in total. The molecule has 1 aromatic heterocycles. The fraction of sp³-hybridized carbons (Fsp3) is 0.400. The Balaban J connectivity index is 2.33. The Morgan fingerprint density at radius 2 is 2.16 bits per heavy atom. The molecular formula is C15H21N3O. The largest absolute Gasteiger partial charge is 0.496 e. The van der Waals surface area contributed by atoms with Gasteiger partial charge >= 0.3 is 0 Å². The summed E-state index contributed by atoms with van der Waals surface area (Å²) < 4.78 is 7.24. The number of nitrogens with one attached hydrogen (secondary N) is 1. The molecule has 0 saturated carbocycles. The van der Waals surface area contributed by atoms with Crippen LogP contribution in [0.5, 0.6) is 5.75 Å². The minimum absolute atomic E-state index is 0.157. The molecule has 1 unspecified atom stereocenters. The SMILES string of the molecule is CCn1cc(C(NC)c2ccc(OC)c(C)c2)cn1. The molecule has 0 amide bonds. The number of benzene rings is 1. The Labute approximate surface area is 114 Å². The molecule has 2 aromatic rings. The second kappa shape index (κ2) is 5.89. The van der Waals surface area contributed by atoms with Crippen LogP contribution in [-0.4, -0.2) is 23.9 Å². The zero-order chi connectivity index (χ0) is 13.8. The van der Waals surface area contributed by atoms with Crippen molar-refractivity contribution < 1.29 is 4.74 Å². The number of rotatable bonds is 5. The van der Waals surface area contributed by atoms with E-state index in [0.717, 1.165) is 17.9 Å². The lowest BCUT2D eigenvalue weighted by Crippen LogP contribution is -2.17. The summed E-state index contributed by atoms with van der Waals surface area (Å²) in [7, 11) is 3.66. The van der Waals surface area contributed by atoms with Gasteiger partial charge in [-0.1, -0.05) is 12.1 Å². The number of hydrogen-bond acceptors (Lipinski definition) is 3. The fourth-order valence-electron chi connectivity index (χ4n) is 2.31. The van der Waals surface area contributed by atoms with Crippen molar-refractivity contribution in [3.8, 4) is 5.75 Å². The molecule has 2 rings (SSSR count). The van der Waals surface area contributed by atoms with Gasteiger partial charge in [0.25, 0.3) is 0 Å². The molecule has 4 nitrogen and oxygen atoms in total. The Kier molecular flexibility index (Phi) is 4.22. The Hall–Kier alpha value is -1.81. The molecule has 1 heterocycles. The lowest BCUT2D eigenvalue weighted by Gasteiger charge is -2.16. The zero-order valence-corrected chi connectivity index (χ0v) is 12.0. The molecule has 0 spiro atoms. The molecule has 0 saturated heterocycles. The molecule has 0 fully saturated rings. The highest BCUT2D eigenvalue weighted by atomic mass is 16.5. The van der Waals surface area contributed by atoms with Gasteiger partial charge in [-0.15, -0.1) is 0 Å². The molecule has 102 valence electrons. The van der Waals surface area contributed by atoms with Gasteiger partial charge < -0.3 is 10.1 Å². The molecule has 0 aliphatic rings. The summed E-state index contributed by atoms with van der Waals surface area (Å²) in [6.45, 7) is 5.03. The van der Waals surface area contributed by atoms with Crippen LogP contribution in [0.25, 0.3) is 0 Å². The van der Waals surface area contributed by atoms with Crippen LogP contribution < -0.4 is 10.1 Å². The van der Waals surface area contributed by atoms with Crippen molar-refractivity contribution in [3.63, 3.8) is 0 Å². The van der Waals surface area contributed by atoms with E-state index in [2.05, 4.69) is 42.6 Å². The highest BCUT2D eigenvalue weighted by molar-refractivity contribution is 5.40. The summed E-state index contributed by atoms with van der Waals surface area (Å²) in [4.78, 5) is 0. The van der Waals surface area contributed by atoms with Crippen LogP contribution in [0.4, 0.5) is 0 Å². The van der Waals surface area contributed by atoms with Crippen molar-refractivity contribution in [3.05, 3.63) is 47.3 Å². The van der Waals surface area contributed by atoms with E-state index in [4.69, 9.17) is 4.74 Å². The lowest BCUT2D eigenvalue weighted by atomic mass is 9.99. The minimum atomic E-state index is 0.157. The second-order valence-electron chi connectivity index (χ2n) is 4.58. The van der Waals surface area contributed by atoms with Gasteiger partial charge in [0.2, 0.25) is 0 Å². The van der Waals surface area contributed by atoms with Crippen molar-refractivity contribution in [2.24, 2.45) is 0 Å². The summed E-state index contributed by atoms with van der Waals surface area (Å²) >= 11 is 0. The van der Waals surface area contributed by atoms with E-state index in [1.807, 2.05) is 24.0 Å². The average Bonchev–Trinajstić information content (AvgIpc) is 2.88. The third-order valence-corrected chi connectivity index (χ3v) is 3.35. The first-order chi connectivity index (χ1) is 9.19. The van der Waals surface area contributed by atoms with Gasteiger partial charge in [-0.3, -0.25) is 4.68 Å². The lowest BCUT2D eigenvalue weighted by molar-refractivity contribution is 0.411. The van der Waals surface area contributed by atoms with Crippen LogP contribution in [0.3, 0.4) is 0 Å². The Morgan fingerprint density at radius 3 is 2.68 bits per heavy atom. The fourth-order valence-corrected chi connectivity index (χ4v) is 2.31. The number of nitrogens with zero attached hydrogens (tertiary/aromatic N) is 2. The summed E-state index contributed by atoms with van der Waals surface area (Å²) in [5.41, 5.74) is 3.54. The van der Waals surface area contributed by atoms with E-state index in [-0.39, 0.29) is 6.04 Å². The molecule has 1 atom stereocenters. The van der Waals surface area contributed by atoms with Gasteiger partial charge in [-0.25, -0.2) is 0 Å². The Bertz CT molecular complexity index is 548. The van der Waals surface area contributed by atoms with Gasteiger partial charge in [0.1, 0.15) is 5.75 Å². The summed E-state index contributed by atoms with van der Waals surface area (Å²) in [6.07, 6.45) is 4.00. The maximum absolute atomic E-state index is 5.30. The highest BCUT2D eigenvalue weighted by Crippen LogP contribution is 2.26. The third kappa shape index (κ3) is 2.79. The van der Waals surface area contributed by atoms with Gasteiger partial charge in [-0.2, -0.15) is 5.10 Å². The van der Waals surface area contributed by atoms with E-state index in [1.54, 1.807) is 7.11 Å². The van der Waals surface area contributed by atoms with Gasteiger partial charge in [0.05, 0.1) is 19.3 Å². The van der Waals surface area contributed by atoms with Crippen molar-refractivity contribution in [1.82, 2.24) is 15.1 Å². The van der Waals surface area contributed by atoms with Crippen LogP contribution in [0.1, 0.15) is 29.7 Å².